The van der Waals surface area contributed by atoms with Crippen molar-refractivity contribution in [2.24, 2.45) is 5.73 Å². The van der Waals surface area contributed by atoms with E-state index in [1.807, 2.05) is 4.98 Å². The van der Waals surface area contributed by atoms with Crippen LogP contribution in [0.15, 0.2) is 52.2 Å². The van der Waals surface area contributed by atoms with Gasteiger partial charge in [0.1, 0.15) is 0 Å². The first kappa shape index (κ1) is 11.6. The summed E-state index contributed by atoms with van der Waals surface area (Å²) in [4.78, 5) is 36.1. The molecule has 3 N–H and O–H groups in total. The fourth-order valence-corrected chi connectivity index (χ4v) is 1.49. The average molecular weight is 246 g/mol. The van der Waals surface area contributed by atoms with Crippen molar-refractivity contribution in [1.29, 1.82) is 0 Å². The van der Waals surface area contributed by atoms with E-state index in [1.165, 1.54) is 6.20 Å². The van der Waals surface area contributed by atoms with Crippen molar-refractivity contribution in [3.05, 3.63) is 63.4 Å². The molecule has 1 aromatic carbocycles. The molecule has 0 aliphatic rings. The predicted molar refractivity (Wildman–Crippen MR) is 65.2 cm³/mol. The third-order valence-corrected chi connectivity index (χ3v) is 2.23. The number of aromatic nitrogens is 2. The number of primary amides is 1. The number of rotatable bonds is 2. The number of carbonyl (C=O) groups excluding carboxylic acids is 1. The molecule has 92 valence electrons. The van der Waals surface area contributed by atoms with Gasteiger partial charge in [-0.05, 0) is 12.1 Å². The molecule has 0 bridgehead atoms. The van der Waals surface area contributed by atoms with Crippen molar-refractivity contribution < 1.29 is 4.79 Å². The third kappa shape index (κ3) is 2.14. The number of anilines is 1. The molecule has 0 unspecified atom stereocenters. The van der Waals surface area contributed by atoms with E-state index >= 15 is 0 Å². The van der Waals surface area contributed by atoms with Crippen LogP contribution in [0.3, 0.4) is 0 Å². The van der Waals surface area contributed by atoms with Crippen LogP contribution in [0, 0.1) is 0 Å². The molecule has 18 heavy (non-hydrogen) atoms. The maximum atomic E-state index is 11.6. The maximum absolute atomic E-state index is 11.6. The smallest absolute Gasteiger partial charge is 0.347 e. The van der Waals surface area contributed by atoms with Crippen LogP contribution in [0.5, 0.6) is 0 Å². The van der Waals surface area contributed by atoms with Crippen LogP contribution in [0.25, 0.3) is 0 Å². The second-order valence-corrected chi connectivity index (χ2v) is 3.44. The Morgan fingerprint density at radius 2 is 1.83 bits per heavy atom. The first-order chi connectivity index (χ1) is 8.59. The van der Waals surface area contributed by atoms with Crippen LogP contribution in [0.4, 0.5) is 10.5 Å². The predicted octanol–water partition coefficient (Wildman–Crippen LogP) is -0.115. The van der Waals surface area contributed by atoms with E-state index in [4.69, 9.17) is 5.73 Å². The average Bonchev–Trinajstić information content (AvgIpc) is 2.33. The lowest BCUT2D eigenvalue weighted by Gasteiger charge is -2.21. The molecular formula is C11H10N4O3. The summed E-state index contributed by atoms with van der Waals surface area (Å²) in [6, 6.07) is 8.67. The maximum Gasteiger partial charge on any atom is 0.347 e. The number of nitrogens with one attached hydrogen (secondary N) is 1. The van der Waals surface area contributed by atoms with Gasteiger partial charge in [-0.1, -0.05) is 18.2 Å². The van der Waals surface area contributed by atoms with Crippen molar-refractivity contribution in [2.45, 2.75) is 0 Å². The van der Waals surface area contributed by atoms with Crippen molar-refractivity contribution in [1.82, 2.24) is 9.66 Å². The Morgan fingerprint density at radius 3 is 2.39 bits per heavy atom. The van der Waals surface area contributed by atoms with Crippen LogP contribution in [-0.4, -0.2) is 15.7 Å². The molecule has 7 nitrogen and oxygen atoms in total. The standard InChI is InChI=1S/C11H10N4O3/c12-10(17)15(8-4-2-1-3-5-8)14-7-6-9(16)13-11(14)18/h1-7H,(H2,12,17)(H,13,16,18). The van der Waals surface area contributed by atoms with Gasteiger partial charge < -0.3 is 5.73 Å². The Kier molecular flexibility index (Phi) is 2.96. The molecule has 0 aliphatic heterocycles. The number of carbonyl (C=O) groups is 1. The summed E-state index contributed by atoms with van der Waals surface area (Å²) in [7, 11) is 0. The molecule has 0 saturated carbocycles. The third-order valence-electron chi connectivity index (χ3n) is 2.23. The zero-order valence-electron chi connectivity index (χ0n) is 9.24. The van der Waals surface area contributed by atoms with E-state index in [-0.39, 0.29) is 0 Å². The topological polar surface area (TPSA) is 101 Å². The second-order valence-electron chi connectivity index (χ2n) is 3.44. The normalized spacial score (nSPS) is 10.0. The fraction of sp³-hybridized carbons (Fsp3) is 0. The molecule has 0 fully saturated rings. The lowest BCUT2D eigenvalue weighted by atomic mass is 10.3. The van der Waals surface area contributed by atoms with Crippen LogP contribution in [0.2, 0.25) is 0 Å². The van der Waals surface area contributed by atoms with Crippen molar-refractivity contribution in [3.8, 4) is 0 Å². The van der Waals surface area contributed by atoms with Crippen molar-refractivity contribution in [2.75, 3.05) is 5.01 Å². The Hall–Kier alpha value is -2.83. The van der Waals surface area contributed by atoms with E-state index < -0.39 is 17.3 Å². The molecule has 1 heterocycles. The zero-order chi connectivity index (χ0) is 13.1. The van der Waals surface area contributed by atoms with E-state index in [0.717, 1.165) is 15.8 Å². The number of benzene rings is 1. The number of hydrogen-bond acceptors (Lipinski definition) is 3. The number of urea groups is 1. The lowest BCUT2D eigenvalue weighted by Crippen LogP contribution is -2.47. The van der Waals surface area contributed by atoms with E-state index in [1.54, 1.807) is 30.3 Å². The molecule has 2 rings (SSSR count). The summed E-state index contributed by atoms with van der Waals surface area (Å²) in [5.74, 6) is 0. The quantitative estimate of drug-likeness (QED) is 0.772. The van der Waals surface area contributed by atoms with Gasteiger partial charge in [-0.15, -0.1) is 0 Å². The van der Waals surface area contributed by atoms with Gasteiger partial charge in [-0.2, -0.15) is 5.01 Å². The number of amides is 2. The van der Waals surface area contributed by atoms with Crippen molar-refractivity contribution in [3.63, 3.8) is 0 Å². The largest absolute Gasteiger partial charge is 0.350 e. The second kappa shape index (κ2) is 4.58. The summed E-state index contributed by atoms with van der Waals surface area (Å²) in [5, 5.41) is 0.957. The number of nitrogens with two attached hydrogens (primary N) is 1. The van der Waals surface area contributed by atoms with Gasteiger partial charge in [0.2, 0.25) is 0 Å². The minimum Gasteiger partial charge on any atom is -0.350 e. The summed E-state index contributed by atoms with van der Waals surface area (Å²) in [5.41, 5.74) is 4.37. The summed E-state index contributed by atoms with van der Waals surface area (Å²) in [6.07, 6.45) is 1.18. The van der Waals surface area contributed by atoms with E-state index in [0.29, 0.717) is 5.69 Å². The van der Waals surface area contributed by atoms with Crippen LogP contribution >= 0.6 is 0 Å². The Morgan fingerprint density at radius 1 is 1.17 bits per heavy atom. The first-order valence-corrected chi connectivity index (χ1v) is 5.06. The number of hydrogen-bond donors (Lipinski definition) is 2. The number of nitrogens with zero attached hydrogens (tertiary/aromatic N) is 2. The van der Waals surface area contributed by atoms with Crippen LogP contribution in [-0.2, 0) is 0 Å². The number of para-hydroxylation sites is 1. The molecule has 0 atom stereocenters. The number of aromatic amines is 1. The van der Waals surface area contributed by atoms with Gasteiger partial charge in [-0.3, -0.25) is 9.78 Å². The van der Waals surface area contributed by atoms with Crippen LogP contribution < -0.4 is 22.0 Å². The molecule has 1 aromatic heterocycles. The highest BCUT2D eigenvalue weighted by Gasteiger charge is 2.15. The van der Waals surface area contributed by atoms with E-state index in [2.05, 4.69) is 0 Å². The molecule has 0 spiro atoms. The van der Waals surface area contributed by atoms with Crippen LogP contribution in [0.1, 0.15) is 0 Å². The van der Waals surface area contributed by atoms with Gasteiger partial charge in [0.15, 0.2) is 0 Å². The van der Waals surface area contributed by atoms with Gasteiger partial charge in [-0.25, -0.2) is 14.3 Å². The molecule has 2 aromatic rings. The molecule has 0 radical (unpaired) electrons. The highest BCUT2D eigenvalue weighted by Crippen LogP contribution is 2.12. The minimum atomic E-state index is -0.838. The van der Waals surface area contributed by atoms with E-state index in [9.17, 15) is 14.4 Å². The Balaban J connectivity index is 2.59. The summed E-state index contributed by atoms with van der Waals surface area (Å²) >= 11 is 0. The molecular weight excluding hydrogens is 236 g/mol. The monoisotopic (exact) mass is 246 g/mol. The zero-order valence-corrected chi connectivity index (χ0v) is 9.24. The molecule has 0 aliphatic carbocycles. The minimum absolute atomic E-state index is 0.416. The number of H-pyrrole nitrogens is 1. The van der Waals surface area contributed by atoms with Gasteiger partial charge in [0, 0.05) is 12.3 Å². The highest BCUT2D eigenvalue weighted by atomic mass is 16.2. The Labute approximate surface area is 101 Å². The summed E-state index contributed by atoms with van der Waals surface area (Å²) in [6.45, 7) is 0. The SMILES string of the molecule is NC(=O)N(c1ccccc1)n1ccc(=O)[nH]c1=O. The highest BCUT2D eigenvalue weighted by molar-refractivity contribution is 5.89. The Bertz CT molecular complexity index is 674. The molecule has 2 amide bonds. The fourth-order valence-electron chi connectivity index (χ4n) is 1.49. The first-order valence-electron chi connectivity index (χ1n) is 5.06. The van der Waals surface area contributed by atoms with Gasteiger partial charge in [0.25, 0.3) is 5.56 Å². The molecule has 0 saturated heterocycles. The molecule has 7 heteroatoms. The van der Waals surface area contributed by atoms with Crippen molar-refractivity contribution >= 4 is 11.7 Å². The lowest BCUT2D eigenvalue weighted by molar-refractivity contribution is 0.251. The van der Waals surface area contributed by atoms with Gasteiger partial charge in [0.05, 0.1) is 5.69 Å². The van der Waals surface area contributed by atoms with Gasteiger partial charge >= 0.3 is 11.7 Å². The summed E-state index contributed by atoms with van der Waals surface area (Å²) < 4.78 is 0.930.